The number of alkyl halides is 1. The van der Waals surface area contributed by atoms with Crippen LogP contribution in [0.15, 0.2) is 42.7 Å². The SMILES string of the molecule is FCCOc1cccc(-c2cn3ccc(N4CCCC4)nc3n2)c1. The van der Waals surface area contributed by atoms with E-state index >= 15 is 0 Å². The second kappa shape index (κ2) is 6.47. The molecule has 6 heteroatoms. The summed E-state index contributed by atoms with van der Waals surface area (Å²) in [4.78, 5) is 11.6. The van der Waals surface area contributed by atoms with Crippen molar-refractivity contribution >= 4 is 11.6 Å². The van der Waals surface area contributed by atoms with Gasteiger partial charge in [0.2, 0.25) is 5.78 Å². The van der Waals surface area contributed by atoms with Gasteiger partial charge in [0.05, 0.1) is 5.69 Å². The van der Waals surface area contributed by atoms with E-state index in [-0.39, 0.29) is 6.61 Å². The van der Waals surface area contributed by atoms with Crippen molar-refractivity contribution in [1.29, 1.82) is 0 Å². The zero-order chi connectivity index (χ0) is 16.4. The van der Waals surface area contributed by atoms with E-state index in [1.165, 1.54) is 12.8 Å². The molecule has 124 valence electrons. The predicted octanol–water partition coefficient (Wildman–Crippen LogP) is 3.34. The van der Waals surface area contributed by atoms with Gasteiger partial charge in [-0.15, -0.1) is 0 Å². The minimum atomic E-state index is -0.498. The maximum Gasteiger partial charge on any atom is 0.236 e. The number of ether oxygens (including phenoxy) is 1. The lowest BCUT2D eigenvalue weighted by atomic mass is 10.1. The van der Waals surface area contributed by atoms with Crippen LogP contribution in [0.2, 0.25) is 0 Å². The summed E-state index contributed by atoms with van der Waals surface area (Å²) in [7, 11) is 0. The van der Waals surface area contributed by atoms with Crippen LogP contribution in [0, 0.1) is 0 Å². The van der Waals surface area contributed by atoms with Crippen LogP contribution in [0.1, 0.15) is 12.8 Å². The van der Waals surface area contributed by atoms with E-state index in [0.717, 1.165) is 30.2 Å². The highest BCUT2D eigenvalue weighted by molar-refractivity contribution is 5.63. The number of benzene rings is 1. The van der Waals surface area contributed by atoms with Gasteiger partial charge < -0.3 is 9.64 Å². The Labute approximate surface area is 139 Å². The van der Waals surface area contributed by atoms with Crippen LogP contribution in [0.4, 0.5) is 10.2 Å². The van der Waals surface area contributed by atoms with Gasteiger partial charge in [-0.3, -0.25) is 4.40 Å². The van der Waals surface area contributed by atoms with Crippen molar-refractivity contribution in [2.75, 3.05) is 31.3 Å². The molecule has 5 nitrogen and oxygen atoms in total. The predicted molar refractivity (Wildman–Crippen MR) is 91.3 cm³/mol. The highest BCUT2D eigenvalue weighted by Gasteiger charge is 2.15. The first kappa shape index (κ1) is 14.9. The Bertz CT molecular complexity index is 842. The monoisotopic (exact) mass is 326 g/mol. The molecule has 1 fully saturated rings. The molecule has 1 saturated heterocycles. The molecule has 3 aromatic rings. The molecule has 0 atom stereocenters. The minimum Gasteiger partial charge on any atom is -0.491 e. The highest BCUT2D eigenvalue weighted by atomic mass is 19.1. The average Bonchev–Trinajstić information content (AvgIpc) is 3.28. The maximum atomic E-state index is 12.3. The van der Waals surface area contributed by atoms with E-state index in [2.05, 4.69) is 14.9 Å². The van der Waals surface area contributed by atoms with Crippen molar-refractivity contribution in [3.63, 3.8) is 0 Å². The summed E-state index contributed by atoms with van der Waals surface area (Å²) >= 11 is 0. The number of hydrogen-bond acceptors (Lipinski definition) is 4. The molecule has 0 radical (unpaired) electrons. The van der Waals surface area contributed by atoms with Gasteiger partial charge in [0.1, 0.15) is 24.8 Å². The van der Waals surface area contributed by atoms with Crippen molar-refractivity contribution in [1.82, 2.24) is 14.4 Å². The average molecular weight is 326 g/mol. The van der Waals surface area contributed by atoms with Crippen molar-refractivity contribution in [2.24, 2.45) is 0 Å². The lowest BCUT2D eigenvalue weighted by molar-refractivity contribution is 0.273. The van der Waals surface area contributed by atoms with E-state index in [9.17, 15) is 4.39 Å². The minimum absolute atomic E-state index is 0.0649. The summed E-state index contributed by atoms with van der Waals surface area (Å²) in [6, 6.07) is 9.57. The Balaban J connectivity index is 1.64. The van der Waals surface area contributed by atoms with E-state index in [4.69, 9.17) is 4.74 Å². The van der Waals surface area contributed by atoms with Crippen LogP contribution in [0.3, 0.4) is 0 Å². The number of hydrogen-bond donors (Lipinski definition) is 0. The molecular weight excluding hydrogens is 307 g/mol. The van der Waals surface area contributed by atoms with Gasteiger partial charge in [-0.25, -0.2) is 9.37 Å². The summed E-state index contributed by atoms with van der Waals surface area (Å²) in [6.45, 7) is 1.69. The van der Waals surface area contributed by atoms with Crippen molar-refractivity contribution in [3.05, 3.63) is 42.7 Å². The van der Waals surface area contributed by atoms with Crippen LogP contribution < -0.4 is 9.64 Å². The van der Waals surface area contributed by atoms with E-state index in [0.29, 0.717) is 11.5 Å². The zero-order valence-electron chi connectivity index (χ0n) is 13.4. The summed E-state index contributed by atoms with van der Waals surface area (Å²) in [5, 5.41) is 0. The second-order valence-corrected chi connectivity index (χ2v) is 5.88. The molecule has 1 aromatic carbocycles. The van der Waals surface area contributed by atoms with Crippen LogP contribution in [0.5, 0.6) is 5.75 Å². The van der Waals surface area contributed by atoms with Crippen molar-refractivity contribution in [2.45, 2.75) is 12.8 Å². The topological polar surface area (TPSA) is 42.7 Å². The highest BCUT2D eigenvalue weighted by Crippen LogP contribution is 2.24. The fraction of sp³-hybridized carbons (Fsp3) is 0.333. The van der Waals surface area contributed by atoms with Gasteiger partial charge in [0, 0.05) is 31.0 Å². The van der Waals surface area contributed by atoms with Crippen LogP contribution in [-0.2, 0) is 0 Å². The third kappa shape index (κ3) is 2.91. The fourth-order valence-corrected chi connectivity index (χ4v) is 3.03. The van der Waals surface area contributed by atoms with Crippen LogP contribution in [0.25, 0.3) is 17.0 Å². The summed E-state index contributed by atoms with van der Waals surface area (Å²) in [6.07, 6.45) is 6.39. The van der Waals surface area contributed by atoms with E-state index in [1.54, 1.807) is 0 Å². The van der Waals surface area contributed by atoms with Gasteiger partial charge in [0.15, 0.2) is 0 Å². The molecule has 0 amide bonds. The molecule has 0 N–H and O–H groups in total. The van der Waals surface area contributed by atoms with E-state index in [1.807, 2.05) is 47.1 Å². The maximum absolute atomic E-state index is 12.3. The van der Waals surface area contributed by atoms with Crippen molar-refractivity contribution < 1.29 is 9.13 Å². The number of anilines is 1. The standard InChI is InChI=1S/C18H19FN4O/c19-7-11-24-15-5-3-4-14(12-15)16-13-23-10-6-17(21-18(23)20-16)22-8-1-2-9-22/h3-6,10,12-13H,1-2,7-9,11H2. The molecule has 2 aromatic heterocycles. The van der Waals surface area contributed by atoms with Crippen molar-refractivity contribution in [3.8, 4) is 17.0 Å². The lowest BCUT2D eigenvalue weighted by Gasteiger charge is -2.15. The van der Waals surface area contributed by atoms with Gasteiger partial charge in [-0.2, -0.15) is 4.98 Å². The summed E-state index contributed by atoms with van der Waals surface area (Å²) < 4.78 is 19.5. The Kier molecular flexibility index (Phi) is 4.02. The number of nitrogens with zero attached hydrogens (tertiary/aromatic N) is 4. The fourth-order valence-electron chi connectivity index (χ4n) is 3.03. The number of halogens is 1. The third-order valence-corrected chi connectivity index (χ3v) is 4.22. The Hall–Kier alpha value is -2.63. The molecule has 0 spiro atoms. The molecule has 3 heterocycles. The Morgan fingerprint density at radius 3 is 2.83 bits per heavy atom. The molecule has 0 aliphatic carbocycles. The normalized spacial score (nSPS) is 14.5. The number of rotatable bonds is 5. The number of fused-ring (bicyclic) bond motifs is 1. The molecule has 1 aliphatic rings. The lowest BCUT2D eigenvalue weighted by Crippen LogP contribution is -2.19. The second-order valence-electron chi connectivity index (χ2n) is 5.88. The Morgan fingerprint density at radius 2 is 2.00 bits per heavy atom. The summed E-state index contributed by atoms with van der Waals surface area (Å²) in [5.74, 6) is 2.31. The molecule has 4 rings (SSSR count). The van der Waals surface area contributed by atoms with Gasteiger partial charge in [0.25, 0.3) is 0 Å². The molecule has 24 heavy (non-hydrogen) atoms. The van der Waals surface area contributed by atoms with Crippen LogP contribution >= 0.6 is 0 Å². The largest absolute Gasteiger partial charge is 0.491 e. The zero-order valence-corrected chi connectivity index (χ0v) is 13.4. The van der Waals surface area contributed by atoms with Crippen LogP contribution in [-0.4, -0.2) is 40.7 Å². The van der Waals surface area contributed by atoms with Gasteiger partial charge in [-0.1, -0.05) is 12.1 Å². The first-order valence-corrected chi connectivity index (χ1v) is 8.23. The Morgan fingerprint density at radius 1 is 1.12 bits per heavy atom. The smallest absolute Gasteiger partial charge is 0.236 e. The van der Waals surface area contributed by atoms with E-state index < -0.39 is 6.67 Å². The molecule has 0 bridgehead atoms. The first-order chi connectivity index (χ1) is 11.8. The molecular formula is C18H19FN4O. The van der Waals surface area contributed by atoms with Gasteiger partial charge in [-0.05, 0) is 31.0 Å². The third-order valence-electron chi connectivity index (χ3n) is 4.22. The molecule has 0 unspecified atom stereocenters. The number of aromatic nitrogens is 3. The summed E-state index contributed by atoms with van der Waals surface area (Å²) in [5.41, 5.74) is 1.76. The quantitative estimate of drug-likeness (QED) is 0.721. The van der Waals surface area contributed by atoms with Gasteiger partial charge >= 0.3 is 0 Å². The first-order valence-electron chi connectivity index (χ1n) is 8.23. The molecule has 0 saturated carbocycles. The molecule has 1 aliphatic heterocycles. The number of imidazole rings is 1.